The number of benzene rings is 2. The lowest BCUT2D eigenvalue weighted by Gasteiger charge is -2.15. The minimum Gasteiger partial charge on any atom is -0.397 e. The summed E-state index contributed by atoms with van der Waals surface area (Å²) in [5.41, 5.74) is 4.49. The summed E-state index contributed by atoms with van der Waals surface area (Å²) in [6, 6.07) is 9.85. The second kappa shape index (κ2) is 5.28. The number of halogens is 3. The van der Waals surface area contributed by atoms with Gasteiger partial charge in [0.2, 0.25) is 0 Å². The van der Waals surface area contributed by atoms with Gasteiger partial charge in [-0.15, -0.1) is 0 Å². The van der Waals surface area contributed by atoms with E-state index in [4.69, 9.17) is 5.73 Å². The molecule has 0 amide bonds. The Bertz CT molecular complexity index is 758. The summed E-state index contributed by atoms with van der Waals surface area (Å²) in [6.07, 6.45) is -4.77. The average molecular weight is 316 g/mol. The monoisotopic (exact) mass is 316 g/mol. The molecular weight excluding hydrogens is 305 g/mol. The molecule has 4 nitrogen and oxygen atoms in total. The van der Waals surface area contributed by atoms with E-state index in [2.05, 4.69) is 4.72 Å². The van der Waals surface area contributed by atoms with Gasteiger partial charge in [0.15, 0.2) is 0 Å². The van der Waals surface area contributed by atoms with Gasteiger partial charge in [-0.05, 0) is 24.3 Å². The van der Waals surface area contributed by atoms with E-state index in [1.165, 1.54) is 24.3 Å². The number of anilines is 2. The number of nitrogens with one attached hydrogen (secondary N) is 1. The van der Waals surface area contributed by atoms with Gasteiger partial charge in [-0.25, -0.2) is 8.42 Å². The minimum absolute atomic E-state index is 0.0227. The van der Waals surface area contributed by atoms with Crippen LogP contribution in [0.1, 0.15) is 5.56 Å². The van der Waals surface area contributed by atoms with Crippen LogP contribution in [0, 0.1) is 0 Å². The molecule has 21 heavy (non-hydrogen) atoms. The highest BCUT2D eigenvalue weighted by molar-refractivity contribution is 7.92. The predicted octanol–water partition coefficient (Wildman–Crippen LogP) is 3.09. The zero-order valence-corrected chi connectivity index (χ0v) is 11.4. The minimum atomic E-state index is -4.77. The molecule has 0 atom stereocenters. The van der Waals surface area contributed by atoms with Crippen LogP contribution in [0.3, 0.4) is 0 Å². The van der Waals surface area contributed by atoms with E-state index in [-0.39, 0.29) is 11.4 Å². The lowest BCUT2D eigenvalue weighted by Crippen LogP contribution is -2.19. The molecule has 3 N–H and O–H groups in total. The fourth-order valence-electron chi connectivity index (χ4n) is 1.72. The van der Waals surface area contributed by atoms with Crippen LogP contribution in [-0.2, 0) is 16.2 Å². The zero-order chi connectivity index (χ0) is 15.7. The van der Waals surface area contributed by atoms with Crippen LogP contribution in [-0.4, -0.2) is 8.42 Å². The van der Waals surface area contributed by atoms with Crippen LogP contribution >= 0.6 is 0 Å². The maximum atomic E-state index is 12.9. The summed E-state index contributed by atoms with van der Waals surface area (Å²) < 4.78 is 65.0. The quantitative estimate of drug-likeness (QED) is 0.855. The summed E-state index contributed by atoms with van der Waals surface area (Å²) in [5.74, 6) is 0. The molecule has 0 heterocycles. The van der Waals surface area contributed by atoms with Gasteiger partial charge in [-0.2, -0.15) is 13.2 Å². The van der Waals surface area contributed by atoms with Gasteiger partial charge in [-0.1, -0.05) is 24.3 Å². The van der Waals surface area contributed by atoms with Crippen LogP contribution in [0.25, 0.3) is 0 Å². The Morgan fingerprint density at radius 1 is 0.952 bits per heavy atom. The Hall–Kier alpha value is -2.22. The third-order valence-electron chi connectivity index (χ3n) is 2.69. The average Bonchev–Trinajstić information content (AvgIpc) is 2.40. The predicted molar refractivity (Wildman–Crippen MR) is 73.1 cm³/mol. The molecule has 8 heteroatoms. The number of sulfonamides is 1. The van der Waals surface area contributed by atoms with Crippen molar-refractivity contribution >= 4 is 21.4 Å². The molecule has 0 radical (unpaired) electrons. The molecule has 0 saturated heterocycles. The Morgan fingerprint density at radius 2 is 1.52 bits per heavy atom. The molecule has 2 rings (SSSR count). The molecule has 0 unspecified atom stereocenters. The highest BCUT2D eigenvalue weighted by atomic mass is 32.2. The molecule has 2 aromatic rings. The summed E-state index contributed by atoms with van der Waals surface area (Å²) in [4.78, 5) is -0.847. The molecule has 0 spiro atoms. The van der Waals surface area contributed by atoms with Crippen molar-refractivity contribution in [3.05, 3.63) is 54.1 Å². The maximum absolute atomic E-state index is 12.9. The molecule has 0 aliphatic rings. The Morgan fingerprint density at radius 3 is 2.14 bits per heavy atom. The van der Waals surface area contributed by atoms with E-state index in [1.807, 2.05) is 0 Å². The number of alkyl halides is 3. The molecule has 0 fully saturated rings. The molecule has 0 aliphatic heterocycles. The second-order valence-corrected chi connectivity index (χ2v) is 5.84. The van der Waals surface area contributed by atoms with Gasteiger partial charge in [0.1, 0.15) is 0 Å². The molecule has 0 aromatic heterocycles. The first-order valence-electron chi connectivity index (χ1n) is 5.75. The molecular formula is C13H11F3N2O2S. The van der Waals surface area contributed by atoms with Crippen LogP contribution in [0.4, 0.5) is 24.5 Å². The number of para-hydroxylation sites is 2. The van der Waals surface area contributed by atoms with Crippen molar-refractivity contribution in [3.63, 3.8) is 0 Å². The normalized spacial score (nSPS) is 12.1. The molecule has 0 aliphatic carbocycles. The largest absolute Gasteiger partial charge is 0.417 e. The first kappa shape index (κ1) is 15.2. The lowest BCUT2D eigenvalue weighted by molar-refractivity contribution is -0.139. The smallest absolute Gasteiger partial charge is 0.397 e. The van der Waals surface area contributed by atoms with Crippen molar-refractivity contribution in [2.24, 2.45) is 0 Å². The van der Waals surface area contributed by atoms with Gasteiger partial charge in [0.05, 0.1) is 21.8 Å². The first-order valence-corrected chi connectivity index (χ1v) is 7.24. The summed E-state index contributed by atoms with van der Waals surface area (Å²) in [6.45, 7) is 0. The Kier molecular flexibility index (Phi) is 3.82. The van der Waals surface area contributed by atoms with Crippen LogP contribution in [0.2, 0.25) is 0 Å². The van der Waals surface area contributed by atoms with Crippen molar-refractivity contribution in [1.82, 2.24) is 0 Å². The summed E-state index contributed by atoms with van der Waals surface area (Å²) in [7, 11) is -4.40. The molecule has 2 aromatic carbocycles. The fraction of sp³-hybridized carbons (Fsp3) is 0.0769. The molecule has 112 valence electrons. The van der Waals surface area contributed by atoms with Crippen molar-refractivity contribution in [1.29, 1.82) is 0 Å². The van der Waals surface area contributed by atoms with Crippen molar-refractivity contribution in [3.8, 4) is 0 Å². The summed E-state index contributed by atoms with van der Waals surface area (Å²) >= 11 is 0. The molecule has 0 saturated carbocycles. The maximum Gasteiger partial charge on any atom is 0.417 e. The van der Waals surface area contributed by atoms with Crippen LogP contribution in [0.15, 0.2) is 53.4 Å². The van der Waals surface area contributed by atoms with Gasteiger partial charge < -0.3 is 5.73 Å². The fourth-order valence-corrected chi connectivity index (χ4v) is 3.04. The van der Waals surface area contributed by atoms with E-state index in [9.17, 15) is 21.6 Å². The van der Waals surface area contributed by atoms with Gasteiger partial charge in [-0.3, -0.25) is 4.72 Å². The lowest BCUT2D eigenvalue weighted by atomic mass is 10.2. The van der Waals surface area contributed by atoms with Crippen molar-refractivity contribution in [2.75, 3.05) is 10.5 Å². The third kappa shape index (κ3) is 3.27. The van der Waals surface area contributed by atoms with Gasteiger partial charge in [0, 0.05) is 0 Å². The highest BCUT2D eigenvalue weighted by Crippen LogP contribution is 2.34. The SMILES string of the molecule is Nc1ccccc1NS(=O)(=O)c1ccccc1C(F)(F)F. The number of rotatable bonds is 3. The number of hydrogen-bond donors (Lipinski definition) is 2. The molecule has 0 bridgehead atoms. The topological polar surface area (TPSA) is 72.2 Å². The van der Waals surface area contributed by atoms with Gasteiger partial charge in [0.25, 0.3) is 10.0 Å². The second-order valence-electron chi connectivity index (χ2n) is 4.19. The highest BCUT2D eigenvalue weighted by Gasteiger charge is 2.36. The number of nitrogen functional groups attached to an aromatic ring is 1. The van der Waals surface area contributed by atoms with Crippen LogP contribution < -0.4 is 10.5 Å². The van der Waals surface area contributed by atoms with E-state index in [0.717, 1.165) is 12.1 Å². The van der Waals surface area contributed by atoms with Crippen molar-refractivity contribution in [2.45, 2.75) is 11.1 Å². The first-order chi connectivity index (χ1) is 9.72. The summed E-state index contributed by atoms with van der Waals surface area (Å²) in [5, 5.41) is 0. The van der Waals surface area contributed by atoms with E-state index >= 15 is 0 Å². The van der Waals surface area contributed by atoms with E-state index < -0.39 is 26.7 Å². The van der Waals surface area contributed by atoms with E-state index in [0.29, 0.717) is 6.07 Å². The zero-order valence-electron chi connectivity index (χ0n) is 10.6. The third-order valence-corrected chi connectivity index (χ3v) is 4.11. The Balaban J connectivity index is 2.49. The standard InChI is InChI=1S/C13H11F3N2O2S/c14-13(15,16)9-5-1-4-8-12(9)21(19,20)18-11-7-3-2-6-10(11)17/h1-8,18H,17H2. The van der Waals surface area contributed by atoms with Crippen LogP contribution in [0.5, 0.6) is 0 Å². The van der Waals surface area contributed by atoms with E-state index in [1.54, 1.807) is 6.07 Å². The van der Waals surface area contributed by atoms with Crippen molar-refractivity contribution < 1.29 is 21.6 Å². The number of nitrogens with two attached hydrogens (primary N) is 1. The number of hydrogen-bond acceptors (Lipinski definition) is 3. The Labute approximate surface area is 119 Å². The van der Waals surface area contributed by atoms with Gasteiger partial charge >= 0.3 is 6.18 Å².